The summed E-state index contributed by atoms with van der Waals surface area (Å²) in [6, 6.07) is 10.8. The summed E-state index contributed by atoms with van der Waals surface area (Å²) in [7, 11) is -3.63. The Morgan fingerprint density at radius 3 is 2.83 bits per heavy atom. The number of anilines is 1. The van der Waals surface area contributed by atoms with E-state index >= 15 is 0 Å². The SMILES string of the molecule is Cc1ccc(Cl)c2sc(N(Cc3cccnc3)C(=O)C3CCCN(S(=O)(=O)c4cccs4)C3)nc12. The van der Waals surface area contributed by atoms with Crippen molar-refractivity contribution in [1.82, 2.24) is 14.3 Å². The molecule has 1 aliphatic heterocycles. The third-order valence-electron chi connectivity index (χ3n) is 6.07. The number of halogens is 1. The highest BCUT2D eigenvalue weighted by Gasteiger charge is 2.36. The number of benzene rings is 1. The second-order valence-electron chi connectivity index (χ2n) is 8.46. The first-order chi connectivity index (χ1) is 16.8. The summed E-state index contributed by atoms with van der Waals surface area (Å²) in [4.78, 5) is 24.6. The van der Waals surface area contributed by atoms with Crippen LogP contribution in [0.3, 0.4) is 0 Å². The fourth-order valence-electron chi connectivity index (χ4n) is 4.24. The number of hydrogen-bond acceptors (Lipinski definition) is 7. The van der Waals surface area contributed by atoms with Gasteiger partial charge in [-0.1, -0.05) is 41.1 Å². The van der Waals surface area contributed by atoms with Crippen molar-refractivity contribution in [2.45, 2.75) is 30.5 Å². The number of thiazole rings is 1. The molecule has 7 nitrogen and oxygen atoms in total. The predicted octanol–water partition coefficient (Wildman–Crippen LogP) is 5.35. The van der Waals surface area contributed by atoms with Crippen LogP contribution >= 0.6 is 34.3 Å². The van der Waals surface area contributed by atoms with Crippen molar-refractivity contribution in [3.05, 3.63) is 70.3 Å². The van der Waals surface area contributed by atoms with E-state index in [1.807, 2.05) is 31.2 Å². The Kier molecular flexibility index (Phi) is 6.91. The number of aryl methyl sites for hydroxylation is 1. The molecule has 3 aromatic heterocycles. The van der Waals surface area contributed by atoms with Crippen molar-refractivity contribution in [2.24, 2.45) is 5.92 Å². The maximum Gasteiger partial charge on any atom is 0.252 e. The Morgan fingerprint density at radius 2 is 2.11 bits per heavy atom. The smallest absolute Gasteiger partial charge is 0.252 e. The number of nitrogens with zero attached hydrogens (tertiary/aromatic N) is 4. The molecule has 182 valence electrons. The number of carbonyl (C=O) groups is 1. The lowest BCUT2D eigenvalue weighted by atomic mass is 9.98. The molecule has 1 aliphatic rings. The molecule has 0 saturated carbocycles. The van der Waals surface area contributed by atoms with Gasteiger partial charge in [-0.05, 0) is 54.5 Å². The van der Waals surface area contributed by atoms with Crippen LogP contribution in [0.25, 0.3) is 10.2 Å². The molecule has 0 aliphatic carbocycles. The molecule has 11 heteroatoms. The van der Waals surface area contributed by atoms with Crippen molar-refractivity contribution in [2.75, 3.05) is 18.0 Å². The van der Waals surface area contributed by atoms with Crippen LogP contribution in [0.4, 0.5) is 5.13 Å². The fraction of sp³-hybridized carbons (Fsp3) is 0.292. The number of aromatic nitrogens is 2. The molecule has 0 N–H and O–H groups in total. The highest BCUT2D eigenvalue weighted by Crippen LogP contribution is 2.37. The first-order valence-corrected chi connectivity index (χ1v) is 14.7. The molecule has 1 amide bonds. The van der Waals surface area contributed by atoms with E-state index in [-0.39, 0.29) is 19.0 Å². The Morgan fingerprint density at radius 1 is 1.26 bits per heavy atom. The molecule has 1 fully saturated rings. The molecule has 35 heavy (non-hydrogen) atoms. The molecule has 1 unspecified atom stereocenters. The highest BCUT2D eigenvalue weighted by atomic mass is 35.5. The summed E-state index contributed by atoms with van der Waals surface area (Å²) >= 11 is 9.00. The normalized spacial score (nSPS) is 17.0. The van der Waals surface area contributed by atoms with Gasteiger partial charge < -0.3 is 0 Å². The van der Waals surface area contributed by atoms with Gasteiger partial charge >= 0.3 is 0 Å². The number of rotatable bonds is 6. The van der Waals surface area contributed by atoms with Gasteiger partial charge in [0.15, 0.2) is 5.13 Å². The van der Waals surface area contributed by atoms with Gasteiger partial charge in [0.05, 0.1) is 27.7 Å². The Hall–Kier alpha value is -2.37. The summed E-state index contributed by atoms with van der Waals surface area (Å²) in [5, 5.41) is 2.88. The van der Waals surface area contributed by atoms with Gasteiger partial charge in [0.2, 0.25) is 5.91 Å². The fourth-order valence-corrected chi connectivity index (χ4v) is 8.23. The second kappa shape index (κ2) is 9.94. The second-order valence-corrected chi connectivity index (χ2v) is 13.0. The lowest BCUT2D eigenvalue weighted by Crippen LogP contribution is -2.46. The van der Waals surface area contributed by atoms with Crippen molar-refractivity contribution >= 4 is 65.6 Å². The maximum atomic E-state index is 13.9. The summed E-state index contributed by atoms with van der Waals surface area (Å²) in [6.45, 7) is 2.80. The zero-order chi connectivity index (χ0) is 24.6. The van der Waals surface area contributed by atoms with E-state index in [2.05, 4.69) is 4.98 Å². The van der Waals surface area contributed by atoms with Crippen molar-refractivity contribution < 1.29 is 13.2 Å². The summed E-state index contributed by atoms with van der Waals surface area (Å²) < 4.78 is 28.8. The number of amides is 1. The molecule has 4 aromatic rings. The van der Waals surface area contributed by atoms with E-state index in [9.17, 15) is 13.2 Å². The molecule has 0 spiro atoms. The minimum absolute atomic E-state index is 0.146. The molecule has 4 heterocycles. The maximum absolute atomic E-state index is 13.9. The average molecular weight is 547 g/mol. The van der Waals surface area contributed by atoms with Crippen molar-refractivity contribution in [1.29, 1.82) is 0 Å². The number of sulfonamides is 1. The number of piperidine rings is 1. The summed E-state index contributed by atoms with van der Waals surface area (Å²) in [6.07, 6.45) is 4.64. The zero-order valence-electron chi connectivity index (χ0n) is 18.9. The van der Waals surface area contributed by atoms with Gasteiger partial charge in [-0.15, -0.1) is 11.3 Å². The van der Waals surface area contributed by atoms with Crippen LogP contribution in [-0.2, 0) is 21.4 Å². The van der Waals surface area contributed by atoms with Crippen LogP contribution in [0.1, 0.15) is 24.0 Å². The number of pyridine rings is 1. The summed E-state index contributed by atoms with van der Waals surface area (Å²) in [5.41, 5.74) is 2.61. The topological polar surface area (TPSA) is 83.5 Å². The van der Waals surface area contributed by atoms with Gasteiger partial charge in [-0.25, -0.2) is 13.4 Å². The largest absolute Gasteiger partial charge is 0.283 e. The van der Waals surface area contributed by atoms with Crippen LogP contribution < -0.4 is 4.90 Å². The number of thiophene rings is 1. The summed E-state index contributed by atoms with van der Waals surface area (Å²) in [5.74, 6) is -0.619. The van der Waals surface area contributed by atoms with Gasteiger partial charge in [0, 0.05) is 25.5 Å². The van der Waals surface area contributed by atoms with E-state index in [1.165, 1.54) is 27.0 Å². The van der Waals surface area contributed by atoms with E-state index in [4.69, 9.17) is 16.6 Å². The van der Waals surface area contributed by atoms with E-state index in [0.717, 1.165) is 21.3 Å². The first-order valence-electron chi connectivity index (χ1n) is 11.1. The standard InChI is InChI=1S/C24H23ClN4O3S3/c1-16-8-9-19(25)22-21(16)27-24(34-22)29(14-17-5-2-10-26-13-17)23(30)18-6-3-11-28(15-18)35(31,32)20-7-4-12-33-20/h2,4-5,7-10,12-13,18H,3,6,11,14-15H2,1H3. The zero-order valence-corrected chi connectivity index (χ0v) is 22.1. The predicted molar refractivity (Wildman–Crippen MR) is 141 cm³/mol. The van der Waals surface area contributed by atoms with Gasteiger partial charge in [-0.2, -0.15) is 4.31 Å². The molecule has 5 rings (SSSR count). The van der Waals surface area contributed by atoms with E-state index in [1.54, 1.807) is 34.8 Å². The minimum Gasteiger partial charge on any atom is -0.283 e. The van der Waals surface area contributed by atoms with Crippen molar-refractivity contribution in [3.8, 4) is 0 Å². The molecule has 0 radical (unpaired) electrons. The molecular formula is C24H23ClN4O3S3. The minimum atomic E-state index is -3.63. The van der Waals surface area contributed by atoms with Crippen LogP contribution in [0, 0.1) is 12.8 Å². The third-order valence-corrected chi connectivity index (χ3v) is 10.8. The molecule has 1 atom stereocenters. The highest BCUT2D eigenvalue weighted by molar-refractivity contribution is 7.91. The van der Waals surface area contributed by atoms with Crippen LogP contribution in [-0.4, -0.2) is 41.7 Å². The van der Waals surface area contributed by atoms with Crippen LogP contribution in [0.2, 0.25) is 5.02 Å². The Bertz CT molecular complexity index is 1420. The lowest BCUT2D eigenvalue weighted by Gasteiger charge is -2.33. The quantitative estimate of drug-likeness (QED) is 0.325. The monoisotopic (exact) mass is 546 g/mol. The first kappa shape index (κ1) is 24.3. The van der Waals surface area contributed by atoms with Crippen molar-refractivity contribution in [3.63, 3.8) is 0 Å². The Balaban J connectivity index is 1.48. The van der Waals surface area contributed by atoms with Crippen LogP contribution in [0.15, 0.2) is 58.4 Å². The Labute approximate surface area is 217 Å². The van der Waals surface area contributed by atoms with Gasteiger partial charge in [0.25, 0.3) is 10.0 Å². The third kappa shape index (κ3) is 4.85. The number of carbonyl (C=O) groups excluding carboxylic acids is 1. The lowest BCUT2D eigenvalue weighted by molar-refractivity contribution is -0.123. The van der Waals surface area contributed by atoms with Gasteiger partial charge in [0.1, 0.15) is 4.21 Å². The molecule has 0 bridgehead atoms. The number of hydrogen-bond donors (Lipinski definition) is 0. The molecule has 1 saturated heterocycles. The van der Waals surface area contributed by atoms with Crippen LogP contribution in [0.5, 0.6) is 0 Å². The van der Waals surface area contributed by atoms with E-state index < -0.39 is 15.9 Å². The molecular weight excluding hydrogens is 524 g/mol. The number of fused-ring (bicyclic) bond motifs is 1. The molecule has 1 aromatic carbocycles. The average Bonchev–Trinajstić information content (AvgIpc) is 3.57. The van der Waals surface area contributed by atoms with Gasteiger partial charge in [-0.3, -0.25) is 14.7 Å². The van der Waals surface area contributed by atoms with E-state index in [0.29, 0.717) is 33.7 Å².